The first-order valence-electron chi connectivity index (χ1n) is 6.57. The van der Waals surface area contributed by atoms with Crippen molar-refractivity contribution in [1.82, 2.24) is 10.6 Å². The van der Waals surface area contributed by atoms with E-state index in [0.29, 0.717) is 0 Å². The Labute approximate surface area is 125 Å². The van der Waals surface area contributed by atoms with Gasteiger partial charge in [-0.3, -0.25) is 9.59 Å². The van der Waals surface area contributed by atoms with Gasteiger partial charge in [-0.05, 0) is 45.4 Å². The standard InChI is InChI=1S/C15H22N2O2S/c1-10(14(19)17-15(2,3)4)16-13(18)9-11-5-7-12(20)8-6-11/h5-8,10,20H,9H2,1-4H3,(H,16,18)(H,17,19). The Morgan fingerprint density at radius 2 is 1.75 bits per heavy atom. The van der Waals surface area contributed by atoms with E-state index >= 15 is 0 Å². The normalized spacial score (nSPS) is 12.7. The van der Waals surface area contributed by atoms with E-state index in [9.17, 15) is 9.59 Å². The van der Waals surface area contributed by atoms with Gasteiger partial charge in [0, 0.05) is 10.4 Å². The summed E-state index contributed by atoms with van der Waals surface area (Å²) in [7, 11) is 0. The lowest BCUT2D eigenvalue weighted by molar-refractivity contribution is -0.129. The topological polar surface area (TPSA) is 58.2 Å². The number of carbonyl (C=O) groups is 2. The zero-order valence-electron chi connectivity index (χ0n) is 12.4. The van der Waals surface area contributed by atoms with E-state index in [-0.39, 0.29) is 23.8 Å². The van der Waals surface area contributed by atoms with E-state index in [1.165, 1.54) is 0 Å². The van der Waals surface area contributed by atoms with Crippen molar-refractivity contribution in [3.8, 4) is 0 Å². The first kappa shape index (κ1) is 16.6. The van der Waals surface area contributed by atoms with Gasteiger partial charge in [-0.25, -0.2) is 0 Å². The summed E-state index contributed by atoms with van der Waals surface area (Å²) in [6, 6.07) is 6.82. The SMILES string of the molecule is CC(NC(=O)Cc1ccc(S)cc1)C(=O)NC(C)(C)C. The average Bonchev–Trinajstić information content (AvgIpc) is 2.29. The Hall–Kier alpha value is -1.49. The lowest BCUT2D eigenvalue weighted by Gasteiger charge is -2.23. The molecule has 0 saturated heterocycles. The molecule has 4 nitrogen and oxygen atoms in total. The molecule has 1 atom stereocenters. The van der Waals surface area contributed by atoms with Crippen LogP contribution in [0.4, 0.5) is 0 Å². The van der Waals surface area contributed by atoms with Crippen molar-refractivity contribution in [2.45, 2.75) is 50.6 Å². The molecule has 0 bridgehead atoms. The molecule has 1 rings (SSSR count). The number of amides is 2. The molecular weight excluding hydrogens is 272 g/mol. The Morgan fingerprint density at radius 3 is 2.25 bits per heavy atom. The highest BCUT2D eigenvalue weighted by Gasteiger charge is 2.20. The van der Waals surface area contributed by atoms with Crippen LogP contribution in [0.2, 0.25) is 0 Å². The molecule has 0 heterocycles. The van der Waals surface area contributed by atoms with Crippen molar-refractivity contribution < 1.29 is 9.59 Å². The second kappa shape index (κ2) is 6.79. The maximum atomic E-state index is 11.9. The van der Waals surface area contributed by atoms with E-state index in [0.717, 1.165) is 10.5 Å². The second-order valence-electron chi connectivity index (χ2n) is 5.87. The number of hydrogen-bond acceptors (Lipinski definition) is 3. The highest BCUT2D eigenvalue weighted by molar-refractivity contribution is 7.80. The van der Waals surface area contributed by atoms with Crippen LogP contribution in [0, 0.1) is 0 Å². The molecule has 1 unspecified atom stereocenters. The summed E-state index contributed by atoms with van der Waals surface area (Å²) in [5.41, 5.74) is 0.585. The fourth-order valence-electron chi connectivity index (χ4n) is 1.64. The molecule has 0 aliphatic rings. The molecule has 1 aromatic rings. The summed E-state index contributed by atoms with van der Waals surface area (Å²) in [4.78, 5) is 24.6. The van der Waals surface area contributed by atoms with Crippen molar-refractivity contribution in [3.63, 3.8) is 0 Å². The molecule has 5 heteroatoms. The van der Waals surface area contributed by atoms with Crippen LogP contribution in [0.1, 0.15) is 33.3 Å². The Balaban J connectivity index is 2.49. The molecule has 0 spiro atoms. The molecule has 20 heavy (non-hydrogen) atoms. The number of benzene rings is 1. The average molecular weight is 294 g/mol. The van der Waals surface area contributed by atoms with Gasteiger partial charge < -0.3 is 10.6 Å². The first-order valence-corrected chi connectivity index (χ1v) is 7.01. The highest BCUT2D eigenvalue weighted by Crippen LogP contribution is 2.08. The quantitative estimate of drug-likeness (QED) is 0.743. The van der Waals surface area contributed by atoms with Crippen molar-refractivity contribution in [3.05, 3.63) is 29.8 Å². The molecule has 1 aromatic carbocycles. The predicted octanol–water partition coefficient (Wildman–Crippen LogP) is 1.94. The Morgan fingerprint density at radius 1 is 1.20 bits per heavy atom. The van der Waals surface area contributed by atoms with Crippen LogP contribution in [-0.2, 0) is 16.0 Å². The third-order valence-electron chi connectivity index (χ3n) is 2.57. The number of nitrogens with one attached hydrogen (secondary N) is 2. The van der Waals surface area contributed by atoms with Gasteiger partial charge in [0.25, 0.3) is 0 Å². The number of rotatable bonds is 4. The van der Waals surface area contributed by atoms with E-state index < -0.39 is 6.04 Å². The van der Waals surface area contributed by atoms with E-state index in [1.54, 1.807) is 6.92 Å². The van der Waals surface area contributed by atoms with Crippen LogP contribution in [0.15, 0.2) is 29.2 Å². The van der Waals surface area contributed by atoms with Gasteiger partial charge in [0.15, 0.2) is 0 Å². The fraction of sp³-hybridized carbons (Fsp3) is 0.467. The van der Waals surface area contributed by atoms with Gasteiger partial charge >= 0.3 is 0 Å². The minimum absolute atomic E-state index is 0.173. The minimum atomic E-state index is -0.550. The maximum absolute atomic E-state index is 11.9. The van der Waals surface area contributed by atoms with Crippen LogP contribution < -0.4 is 10.6 Å². The van der Waals surface area contributed by atoms with Gasteiger partial charge in [-0.1, -0.05) is 12.1 Å². The van der Waals surface area contributed by atoms with Crippen molar-refractivity contribution in [2.75, 3.05) is 0 Å². The third-order valence-corrected chi connectivity index (χ3v) is 2.87. The second-order valence-corrected chi connectivity index (χ2v) is 6.39. The number of carbonyl (C=O) groups excluding carboxylic acids is 2. The van der Waals surface area contributed by atoms with E-state index in [1.807, 2.05) is 45.0 Å². The summed E-state index contributed by atoms with van der Waals surface area (Å²) in [5, 5.41) is 5.53. The Kier molecular flexibility index (Phi) is 5.62. The van der Waals surface area contributed by atoms with Crippen molar-refractivity contribution in [1.29, 1.82) is 0 Å². The summed E-state index contributed by atoms with van der Waals surface area (Å²) in [5.74, 6) is -0.356. The van der Waals surface area contributed by atoms with E-state index in [2.05, 4.69) is 23.3 Å². The van der Waals surface area contributed by atoms with Crippen LogP contribution in [0.3, 0.4) is 0 Å². The summed E-state index contributed by atoms with van der Waals surface area (Å²) < 4.78 is 0. The molecule has 2 N–H and O–H groups in total. The first-order chi connectivity index (χ1) is 9.17. The van der Waals surface area contributed by atoms with Gasteiger partial charge in [0.2, 0.25) is 11.8 Å². The molecule has 0 aromatic heterocycles. The predicted molar refractivity (Wildman–Crippen MR) is 82.9 cm³/mol. The lowest BCUT2D eigenvalue weighted by atomic mass is 10.1. The molecule has 110 valence electrons. The van der Waals surface area contributed by atoms with Gasteiger partial charge in [-0.2, -0.15) is 0 Å². The van der Waals surface area contributed by atoms with Gasteiger partial charge in [0.1, 0.15) is 6.04 Å². The molecule has 0 saturated carbocycles. The summed E-state index contributed by atoms with van der Waals surface area (Å²) >= 11 is 4.19. The molecule has 0 aliphatic heterocycles. The van der Waals surface area contributed by atoms with Crippen LogP contribution in [-0.4, -0.2) is 23.4 Å². The zero-order chi connectivity index (χ0) is 15.3. The van der Waals surface area contributed by atoms with E-state index in [4.69, 9.17) is 0 Å². The molecule has 0 fully saturated rings. The zero-order valence-corrected chi connectivity index (χ0v) is 13.3. The van der Waals surface area contributed by atoms with Gasteiger partial charge in [0.05, 0.1) is 6.42 Å². The molecule has 0 radical (unpaired) electrons. The third kappa shape index (κ3) is 6.10. The molecule has 0 aliphatic carbocycles. The number of hydrogen-bond donors (Lipinski definition) is 3. The van der Waals surface area contributed by atoms with Crippen LogP contribution >= 0.6 is 12.6 Å². The molecule has 2 amide bonds. The monoisotopic (exact) mass is 294 g/mol. The smallest absolute Gasteiger partial charge is 0.242 e. The Bertz CT molecular complexity index is 478. The van der Waals surface area contributed by atoms with Crippen LogP contribution in [0.25, 0.3) is 0 Å². The van der Waals surface area contributed by atoms with Crippen molar-refractivity contribution >= 4 is 24.4 Å². The fourth-order valence-corrected chi connectivity index (χ4v) is 1.78. The highest BCUT2D eigenvalue weighted by atomic mass is 32.1. The largest absolute Gasteiger partial charge is 0.350 e. The summed E-state index contributed by atoms with van der Waals surface area (Å²) in [6.07, 6.45) is 0.251. The number of thiol groups is 1. The van der Waals surface area contributed by atoms with Gasteiger partial charge in [-0.15, -0.1) is 12.6 Å². The minimum Gasteiger partial charge on any atom is -0.350 e. The molecular formula is C15H22N2O2S. The van der Waals surface area contributed by atoms with Crippen molar-refractivity contribution in [2.24, 2.45) is 0 Å². The maximum Gasteiger partial charge on any atom is 0.242 e. The lowest BCUT2D eigenvalue weighted by Crippen LogP contribution is -2.51. The summed E-state index contributed by atoms with van der Waals surface area (Å²) in [6.45, 7) is 7.38. The van der Waals surface area contributed by atoms with Crippen LogP contribution in [0.5, 0.6) is 0 Å².